The van der Waals surface area contributed by atoms with Gasteiger partial charge in [0.2, 0.25) is 0 Å². The van der Waals surface area contributed by atoms with Crippen molar-refractivity contribution < 1.29 is 19.1 Å². The Labute approximate surface area is 330 Å². The maximum absolute atomic E-state index is 12.6. The molecule has 4 saturated carbocycles. The van der Waals surface area contributed by atoms with Crippen LogP contribution in [0.15, 0.2) is 12.4 Å². The van der Waals surface area contributed by atoms with Crippen LogP contribution in [0.1, 0.15) is 180 Å². The summed E-state index contributed by atoms with van der Waals surface area (Å²) in [4.78, 5) is 30.0. The van der Waals surface area contributed by atoms with Crippen molar-refractivity contribution in [3.8, 4) is 0 Å². The van der Waals surface area contributed by atoms with Gasteiger partial charge in [-0.25, -0.2) is 0 Å². The Morgan fingerprint density at radius 2 is 1.34 bits per heavy atom. The van der Waals surface area contributed by atoms with Gasteiger partial charge in [-0.2, -0.15) is 11.8 Å². The van der Waals surface area contributed by atoms with Gasteiger partial charge in [0, 0.05) is 43.1 Å². The molecule has 0 saturated heterocycles. The minimum atomic E-state index is -0.0572. The number of hydrogen-bond acceptors (Lipinski definition) is 8. The van der Waals surface area contributed by atoms with Crippen molar-refractivity contribution in [1.29, 1.82) is 0 Å². The summed E-state index contributed by atoms with van der Waals surface area (Å²) in [6.45, 7) is 8.21. The maximum atomic E-state index is 12.6. The summed E-state index contributed by atoms with van der Waals surface area (Å²) in [5.74, 6) is 4.79. The number of esters is 2. The van der Waals surface area contributed by atoms with Crippen LogP contribution < -0.4 is 5.32 Å². The van der Waals surface area contributed by atoms with Gasteiger partial charge in [0.25, 0.3) is 0 Å². The highest BCUT2D eigenvalue weighted by Gasteiger charge is 2.48. The third kappa shape index (κ3) is 19.3. The van der Waals surface area contributed by atoms with E-state index in [9.17, 15) is 9.59 Å². The number of nitrogens with one attached hydrogen (secondary N) is 1. The Hall–Kier alpha value is -1.41. The first-order valence-electron chi connectivity index (χ1n) is 22.8. The predicted molar refractivity (Wildman–Crippen MR) is 223 cm³/mol. The quantitative estimate of drug-likeness (QED) is 0.0524. The first-order valence-corrected chi connectivity index (χ1v) is 23.9. The average molecular weight is 760 g/mol. The molecular weight excluding hydrogens is 679 g/mol. The summed E-state index contributed by atoms with van der Waals surface area (Å²) in [6.07, 6.45) is 37.9. The summed E-state index contributed by atoms with van der Waals surface area (Å²) >= 11 is 1.93. The summed E-state index contributed by atoms with van der Waals surface area (Å²) < 4.78 is 11.6. The van der Waals surface area contributed by atoms with E-state index in [1.165, 1.54) is 128 Å². The van der Waals surface area contributed by atoms with E-state index >= 15 is 0 Å². The molecule has 53 heavy (non-hydrogen) atoms. The highest BCUT2D eigenvalue weighted by Crippen LogP contribution is 2.57. The zero-order valence-corrected chi connectivity index (χ0v) is 35.1. The van der Waals surface area contributed by atoms with Gasteiger partial charge in [0.1, 0.15) is 6.61 Å². The molecule has 0 aromatic heterocycles. The first kappa shape index (κ1) is 44.3. The molecule has 1 aliphatic heterocycles. The van der Waals surface area contributed by atoms with Crippen molar-refractivity contribution in [2.75, 3.05) is 57.6 Å². The number of thioether (sulfide) groups is 1. The van der Waals surface area contributed by atoms with Gasteiger partial charge in [-0.1, -0.05) is 96.8 Å². The van der Waals surface area contributed by atoms with E-state index in [4.69, 9.17) is 9.47 Å². The first-order chi connectivity index (χ1) is 26.0. The Morgan fingerprint density at radius 1 is 0.717 bits per heavy atom. The highest BCUT2D eigenvalue weighted by atomic mass is 32.2. The molecule has 1 N–H and O–H groups in total. The number of rotatable bonds is 33. The van der Waals surface area contributed by atoms with E-state index in [2.05, 4.69) is 28.2 Å². The topological polar surface area (TPSA) is 71.1 Å². The van der Waals surface area contributed by atoms with Crippen LogP contribution in [0.2, 0.25) is 0 Å². The van der Waals surface area contributed by atoms with Crippen molar-refractivity contribution in [3.63, 3.8) is 0 Å². The predicted octanol–water partition coefficient (Wildman–Crippen LogP) is 10.9. The second-order valence-electron chi connectivity index (χ2n) is 17.6. The molecule has 7 nitrogen and oxygen atoms in total. The Morgan fingerprint density at radius 3 is 2.04 bits per heavy atom. The van der Waals surface area contributed by atoms with Gasteiger partial charge in [-0.05, 0) is 107 Å². The van der Waals surface area contributed by atoms with E-state index in [0.29, 0.717) is 31.5 Å². The highest BCUT2D eigenvalue weighted by molar-refractivity contribution is 7.99. The average Bonchev–Trinajstić information content (AvgIpc) is 3.59. The molecule has 2 atom stereocenters. The molecule has 0 aromatic rings. The van der Waals surface area contributed by atoms with E-state index in [-0.39, 0.29) is 11.9 Å². The fourth-order valence-electron chi connectivity index (χ4n) is 9.98. The number of hydrogen-bond donors (Lipinski definition) is 1. The molecule has 4 aliphatic carbocycles. The Balaban J connectivity index is 0.969. The van der Waals surface area contributed by atoms with Gasteiger partial charge in [-0.3, -0.25) is 9.59 Å². The summed E-state index contributed by atoms with van der Waals surface area (Å²) in [6, 6.07) is 0. The lowest BCUT2D eigenvalue weighted by atomic mass is 9.62. The van der Waals surface area contributed by atoms with E-state index < -0.39 is 0 Å². The number of unbranched alkanes of at least 4 members (excludes halogenated alkanes) is 15. The normalized spacial score (nSPS) is 23.1. The van der Waals surface area contributed by atoms with Crippen LogP contribution in [0.4, 0.5) is 0 Å². The molecule has 0 radical (unpaired) electrons. The van der Waals surface area contributed by atoms with Crippen molar-refractivity contribution in [3.05, 3.63) is 12.4 Å². The van der Waals surface area contributed by atoms with Crippen LogP contribution in [0, 0.1) is 23.2 Å². The van der Waals surface area contributed by atoms with Gasteiger partial charge < -0.3 is 24.6 Å². The third-order valence-electron chi connectivity index (χ3n) is 12.8. The van der Waals surface area contributed by atoms with Gasteiger partial charge >= 0.3 is 11.9 Å². The van der Waals surface area contributed by atoms with Crippen LogP contribution in [-0.2, 0) is 19.1 Å². The van der Waals surface area contributed by atoms with Crippen LogP contribution in [0.3, 0.4) is 0 Å². The van der Waals surface area contributed by atoms with E-state index in [1.807, 2.05) is 18.0 Å². The van der Waals surface area contributed by atoms with Crippen LogP contribution >= 0.6 is 11.8 Å². The summed E-state index contributed by atoms with van der Waals surface area (Å²) in [7, 11) is 0. The number of nitrogens with zero attached hydrogens (tertiary/aromatic N) is 2. The van der Waals surface area contributed by atoms with Crippen molar-refractivity contribution in [2.24, 2.45) is 23.2 Å². The number of carbonyl (C=O) groups excluding carboxylic acids is 2. The van der Waals surface area contributed by atoms with Gasteiger partial charge in [0.15, 0.2) is 0 Å². The van der Waals surface area contributed by atoms with Gasteiger partial charge in [-0.15, -0.1) is 0 Å². The number of ether oxygens (including phenoxy) is 2. The fraction of sp³-hybridized carbons (Fsp3) is 0.911. The van der Waals surface area contributed by atoms with Crippen molar-refractivity contribution in [1.82, 2.24) is 15.1 Å². The number of carbonyl (C=O) groups is 2. The SMILES string of the molecule is CCCCCCCCCCCCCCSCCOC(=O)CCN(CCCCCCCC(=O)OCC12CCC3CC(CC(C3)C1)C2)CCCN1C=CNC1. The smallest absolute Gasteiger partial charge is 0.307 e. The zero-order valence-electron chi connectivity index (χ0n) is 34.3. The maximum Gasteiger partial charge on any atom is 0.307 e. The monoisotopic (exact) mass is 760 g/mol. The molecule has 1 heterocycles. The van der Waals surface area contributed by atoms with Crippen molar-refractivity contribution >= 4 is 23.7 Å². The molecule has 5 rings (SSSR count). The minimum Gasteiger partial charge on any atom is -0.465 e. The second kappa shape index (κ2) is 27.2. The van der Waals surface area contributed by atoms with Gasteiger partial charge in [0.05, 0.1) is 19.7 Å². The molecular formula is C45H81N3O4S. The lowest BCUT2D eigenvalue weighted by molar-refractivity contribution is -0.149. The van der Waals surface area contributed by atoms with E-state index in [1.54, 1.807) is 0 Å². The molecule has 306 valence electrons. The zero-order chi connectivity index (χ0) is 37.2. The lowest BCUT2D eigenvalue weighted by Gasteiger charge is -2.44. The Kier molecular flexibility index (Phi) is 22.8. The molecule has 0 amide bonds. The molecule has 0 spiro atoms. The summed E-state index contributed by atoms with van der Waals surface area (Å²) in [5.41, 5.74) is 0.295. The van der Waals surface area contributed by atoms with Crippen LogP contribution in [0.25, 0.3) is 0 Å². The minimum absolute atomic E-state index is 0.0254. The summed E-state index contributed by atoms with van der Waals surface area (Å²) in [5, 5.41) is 3.25. The van der Waals surface area contributed by atoms with Crippen LogP contribution in [0.5, 0.6) is 0 Å². The van der Waals surface area contributed by atoms with Crippen LogP contribution in [-0.4, -0.2) is 79.3 Å². The molecule has 2 unspecified atom stereocenters. The second-order valence-corrected chi connectivity index (χ2v) is 18.8. The third-order valence-corrected chi connectivity index (χ3v) is 13.8. The standard InChI is InChI=1S/C45H81N3O4S/c1-2-3-4-5-6-7-8-9-10-11-15-18-31-53-32-30-51-44(50)22-28-47(26-19-27-48-29-24-46-39-48)25-17-14-12-13-16-20-43(49)52-38-45-23-21-40-33-41(36-45)35-42(34-40)37-45/h24,29,40-42,46H,2-23,25-28,30-39H2,1H3. The fourth-order valence-corrected chi connectivity index (χ4v) is 10.8. The molecule has 0 aromatic carbocycles. The largest absolute Gasteiger partial charge is 0.465 e. The van der Waals surface area contributed by atoms with Crippen molar-refractivity contribution in [2.45, 2.75) is 180 Å². The Bertz CT molecular complexity index is 996. The molecule has 4 bridgehead atoms. The number of fused-ring (bicyclic) bond motifs is 1. The van der Waals surface area contributed by atoms with E-state index in [0.717, 1.165) is 94.9 Å². The molecule has 5 aliphatic rings. The molecule has 8 heteroatoms. The lowest BCUT2D eigenvalue weighted by Crippen LogP contribution is -2.37. The molecule has 4 fully saturated rings.